The highest BCUT2D eigenvalue weighted by atomic mass is 16.3. The zero-order valence-electron chi connectivity index (χ0n) is 9.39. The highest BCUT2D eigenvalue weighted by Crippen LogP contribution is 2.17. The number of rotatable bonds is 2. The molecule has 16 heavy (non-hydrogen) atoms. The van der Waals surface area contributed by atoms with Crippen LogP contribution in [0.5, 0.6) is 5.75 Å². The number of nitrogens with two attached hydrogens (primary N) is 1. The number of hydrogen-bond donors (Lipinski definition) is 3. The average Bonchev–Trinajstić information content (AvgIpc) is 2.46. The van der Waals surface area contributed by atoms with Crippen LogP contribution in [0.2, 0.25) is 0 Å². The van der Waals surface area contributed by atoms with E-state index in [1.54, 1.807) is 6.07 Å². The molecule has 1 aromatic carbocycles. The molecule has 1 fully saturated rings. The molecule has 0 amide bonds. The summed E-state index contributed by atoms with van der Waals surface area (Å²) < 4.78 is 0. The Morgan fingerprint density at radius 2 is 2.25 bits per heavy atom. The summed E-state index contributed by atoms with van der Waals surface area (Å²) in [5, 5.41) is 13.0. The minimum absolute atomic E-state index is 0.174. The summed E-state index contributed by atoms with van der Waals surface area (Å²) in [6.45, 7) is 4.45. The van der Waals surface area contributed by atoms with Crippen LogP contribution in [0.25, 0.3) is 0 Å². The number of hydrogen-bond acceptors (Lipinski definition) is 4. The normalized spacial score (nSPS) is 22.9. The molecule has 2 rings (SSSR count). The van der Waals surface area contributed by atoms with E-state index in [1.807, 2.05) is 18.2 Å². The van der Waals surface area contributed by atoms with E-state index in [9.17, 15) is 5.11 Å². The van der Waals surface area contributed by atoms with Gasteiger partial charge in [0, 0.05) is 44.3 Å². The molecule has 1 saturated heterocycles. The molecule has 0 radical (unpaired) electrons. The predicted molar refractivity (Wildman–Crippen MR) is 64.2 cm³/mol. The predicted octanol–water partition coefficient (Wildman–Crippen LogP) is 0.125. The van der Waals surface area contributed by atoms with E-state index in [-0.39, 0.29) is 6.04 Å². The van der Waals surface area contributed by atoms with Gasteiger partial charge in [-0.1, -0.05) is 18.2 Å². The van der Waals surface area contributed by atoms with Crippen molar-refractivity contribution >= 4 is 0 Å². The fourth-order valence-corrected chi connectivity index (χ4v) is 2.04. The minimum Gasteiger partial charge on any atom is -0.508 e. The van der Waals surface area contributed by atoms with Crippen LogP contribution < -0.4 is 11.1 Å². The van der Waals surface area contributed by atoms with E-state index in [4.69, 9.17) is 5.73 Å². The lowest BCUT2D eigenvalue weighted by molar-refractivity contribution is 0.269. The molecular weight excluding hydrogens is 202 g/mol. The molecule has 1 atom stereocenters. The van der Waals surface area contributed by atoms with Gasteiger partial charge in [-0.05, 0) is 6.07 Å². The Bertz CT molecular complexity index is 343. The lowest BCUT2D eigenvalue weighted by Crippen LogP contribution is -2.38. The number of phenolic OH excluding ortho intramolecular Hbond substituents is 1. The van der Waals surface area contributed by atoms with Crippen molar-refractivity contribution in [3.63, 3.8) is 0 Å². The van der Waals surface area contributed by atoms with Gasteiger partial charge in [-0.3, -0.25) is 4.90 Å². The molecule has 0 saturated carbocycles. The summed E-state index contributed by atoms with van der Waals surface area (Å²) in [6, 6.07) is 7.65. The molecule has 88 valence electrons. The van der Waals surface area contributed by atoms with Gasteiger partial charge in [0.2, 0.25) is 0 Å². The van der Waals surface area contributed by atoms with Crippen LogP contribution in [-0.2, 0) is 6.54 Å². The van der Waals surface area contributed by atoms with Gasteiger partial charge in [0.05, 0.1) is 0 Å². The van der Waals surface area contributed by atoms with E-state index in [1.165, 1.54) is 0 Å². The molecule has 1 heterocycles. The van der Waals surface area contributed by atoms with Crippen molar-refractivity contribution in [2.75, 3.05) is 26.2 Å². The van der Waals surface area contributed by atoms with Gasteiger partial charge in [-0.2, -0.15) is 0 Å². The highest BCUT2D eigenvalue weighted by molar-refractivity contribution is 5.31. The summed E-state index contributed by atoms with van der Waals surface area (Å²) >= 11 is 0. The van der Waals surface area contributed by atoms with Crippen LogP contribution in [0.15, 0.2) is 24.3 Å². The summed E-state index contributed by atoms with van der Waals surface area (Å²) in [5.41, 5.74) is 6.92. The maximum Gasteiger partial charge on any atom is 0.120 e. The Morgan fingerprint density at radius 1 is 1.44 bits per heavy atom. The first-order valence-electron chi connectivity index (χ1n) is 5.71. The van der Waals surface area contributed by atoms with Crippen LogP contribution in [0.4, 0.5) is 0 Å². The van der Waals surface area contributed by atoms with Gasteiger partial charge in [-0.25, -0.2) is 0 Å². The molecule has 1 unspecified atom stereocenters. The number of nitrogens with one attached hydrogen (secondary N) is 1. The molecule has 1 aromatic rings. The molecule has 0 spiro atoms. The number of para-hydroxylation sites is 1. The lowest BCUT2D eigenvalue weighted by atomic mass is 10.2. The summed E-state index contributed by atoms with van der Waals surface area (Å²) in [4.78, 5) is 2.28. The van der Waals surface area contributed by atoms with Crippen molar-refractivity contribution in [2.24, 2.45) is 5.73 Å². The van der Waals surface area contributed by atoms with Crippen molar-refractivity contribution in [1.82, 2.24) is 10.2 Å². The monoisotopic (exact) mass is 221 g/mol. The fourth-order valence-electron chi connectivity index (χ4n) is 2.04. The van der Waals surface area contributed by atoms with Crippen LogP contribution in [0.3, 0.4) is 0 Å². The Labute approximate surface area is 96.1 Å². The van der Waals surface area contributed by atoms with Gasteiger partial charge in [0.25, 0.3) is 0 Å². The Balaban J connectivity index is 2.00. The van der Waals surface area contributed by atoms with Crippen molar-refractivity contribution in [1.29, 1.82) is 0 Å². The standard InChI is InChI=1S/C12H19N3O/c13-11-7-14-5-6-15(9-11)8-10-3-1-2-4-12(10)16/h1-4,11,14,16H,5-9,13H2. The second kappa shape index (κ2) is 5.30. The van der Waals surface area contributed by atoms with Gasteiger partial charge >= 0.3 is 0 Å². The zero-order chi connectivity index (χ0) is 11.4. The molecule has 4 heteroatoms. The van der Waals surface area contributed by atoms with Crippen molar-refractivity contribution in [3.05, 3.63) is 29.8 Å². The second-order valence-corrected chi connectivity index (χ2v) is 4.33. The third kappa shape index (κ3) is 2.95. The topological polar surface area (TPSA) is 61.5 Å². The average molecular weight is 221 g/mol. The van der Waals surface area contributed by atoms with Crippen molar-refractivity contribution in [2.45, 2.75) is 12.6 Å². The molecule has 0 bridgehead atoms. The maximum atomic E-state index is 9.70. The SMILES string of the molecule is NC1CNCCN(Cc2ccccc2O)C1. The highest BCUT2D eigenvalue weighted by Gasteiger charge is 2.15. The van der Waals surface area contributed by atoms with E-state index in [0.717, 1.165) is 38.3 Å². The van der Waals surface area contributed by atoms with E-state index < -0.39 is 0 Å². The minimum atomic E-state index is 0.174. The summed E-state index contributed by atoms with van der Waals surface area (Å²) in [5.74, 6) is 0.369. The molecular formula is C12H19N3O. The third-order valence-corrected chi connectivity index (χ3v) is 2.89. The first kappa shape index (κ1) is 11.4. The van der Waals surface area contributed by atoms with E-state index >= 15 is 0 Å². The van der Waals surface area contributed by atoms with Gasteiger partial charge in [0.1, 0.15) is 5.75 Å². The maximum absolute atomic E-state index is 9.70. The van der Waals surface area contributed by atoms with Gasteiger partial charge < -0.3 is 16.2 Å². The molecule has 0 aliphatic carbocycles. The molecule has 1 aliphatic rings. The van der Waals surface area contributed by atoms with Crippen molar-refractivity contribution < 1.29 is 5.11 Å². The Hall–Kier alpha value is -1.10. The van der Waals surface area contributed by atoms with E-state index in [0.29, 0.717) is 5.75 Å². The summed E-state index contributed by atoms with van der Waals surface area (Å²) in [6.07, 6.45) is 0. The quantitative estimate of drug-likeness (QED) is 0.664. The number of phenols is 1. The second-order valence-electron chi connectivity index (χ2n) is 4.33. The van der Waals surface area contributed by atoms with Crippen LogP contribution in [0, 0.1) is 0 Å². The van der Waals surface area contributed by atoms with Crippen LogP contribution >= 0.6 is 0 Å². The zero-order valence-corrected chi connectivity index (χ0v) is 9.39. The van der Waals surface area contributed by atoms with E-state index in [2.05, 4.69) is 10.2 Å². The van der Waals surface area contributed by atoms with Gasteiger partial charge in [0.15, 0.2) is 0 Å². The molecule has 4 nitrogen and oxygen atoms in total. The molecule has 0 aromatic heterocycles. The number of aromatic hydroxyl groups is 1. The Kier molecular flexibility index (Phi) is 3.77. The fraction of sp³-hybridized carbons (Fsp3) is 0.500. The first-order chi connectivity index (χ1) is 7.75. The lowest BCUT2D eigenvalue weighted by Gasteiger charge is -2.22. The molecule has 1 aliphatic heterocycles. The van der Waals surface area contributed by atoms with Gasteiger partial charge in [-0.15, -0.1) is 0 Å². The van der Waals surface area contributed by atoms with Crippen LogP contribution in [0.1, 0.15) is 5.56 Å². The largest absolute Gasteiger partial charge is 0.508 e. The number of nitrogens with zero attached hydrogens (tertiary/aromatic N) is 1. The van der Waals surface area contributed by atoms with Crippen molar-refractivity contribution in [3.8, 4) is 5.75 Å². The Morgan fingerprint density at radius 3 is 3.06 bits per heavy atom. The first-order valence-corrected chi connectivity index (χ1v) is 5.71. The third-order valence-electron chi connectivity index (χ3n) is 2.89. The van der Waals surface area contributed by atoms with Crippen LogP contribution in [-0.4, -0.2) is 42.2 Å². The smallest absolute Gasteiger partial charge is 0.120 e. The molecule has 4 N–H and O–H groups in total. The summed E-state index contributed by atoms with van der Waals surface area (Å²) in [7, 11) is 0. The number of benzene rings is 1.